The van der Waals surface area contributed by atoms with E-state index in [9.17, 15) is 9.36 Å². The van der Waals surface area contributed by atoms with Crippen molar-refractivity contribution in [3.63, 3.8) is 0 Å². The van der Waals surface area contributed by atoms with E-state index in [0.29, 0.717) is 0 Å². The van der Waals surface area contributed by atoms with Gasteiger partial charge in [0.15, 0.2) is 0 Å². The van der Waals surface area contributed by atoms with Crippen LogP contribution in [-0.2, 0) is 4.57 Å². The van der Waals surface area contributed by atoms with Crippen molar-refractivity contribution in [2.24, 2.45) is 0 Å². The van der Waals surface area contributed by atoms with Gasteiger partial charge in [-0.2, -0.15) is 0 Å². The third kappa shape index (κ3) is 1.80. The van der Waals surface area contributed by atoms with Crippen LogP contribution in [0, 0.1) is 0 Å². The fourth-order valence-electron chi connectivity index (χ4n) is 0.763. The van der Waals surface area contributed by atoms with E-state index < -0.39 is 14.7 Å². The summed E-state index contributed by atoms with van der Waals surface area (Å²) in [5.74, 6) is -1.00. The lowest BCUT2D eigenvalue weighted by Gasteiger charge is -1.99. The average Bonchev–Trinajstić information content (AvgIpc) is 2.05. The quantitative estimate of drug-likeness (QED) is 0.729. The lowest BCUT2D eigenvalue weighted by molar-refractivity contribution is 0.0695. The van der Waals surface area contributed by atoms with Gasteiger partial charge < -0.3 is 9.63 Å². The van der Waals surface area contributed by atoms with E-state index in [0.717, 1.165) is 0 Å². The van der Waals surface area contributed by atoms with Crippen molar-refractivity contribution in [1.29, 1.82) is 0 Å². The van der Waals surface area contributed by atoms with Gasteiger partial charge in [-0.3, -0.25) is 0 Å². The Labute approximate surface area is 70.1 Å². The zero-order valence-electron chi connectivity index (χ0n) is 5.93. The summed E-state index contributed by atoms with van der Waals surface area (Å²) in [5.41, 5.74) is 0.000787. The maximum absolute atomic E-state index is 10.5. The number of carboxylic acids is 1. The highest BCUT2D eigenvalue weighted by atomic mass is 31.1. The van der Waals surface area contributed by atoms with Crippen LogP contribution in [0.4, 0.5) is 0 Å². The van der Waals surface area contributed by atoms with Crippen LogP contribution in [0.2, 0.25) is 0 Å². The summed E-state index contributed by atoms with van der Waals surface area (Å²) in [5, 5.41) is 8.61. The number of para-hydroxylation sites is 1. The molecule has 5 heteroatoms. The maximum Gasteiger partial charge on any atom is 0.395 e. The van der Waals surface area contributed by atoms with Crippen molar-refractivity contribution in [3.05, 3.63) is 29.8 Å². The largest absolute Gasteiger partial charge is 0.478 e. The summed E-state index contributed by atoms with van der Waals surface area (Å²) < 4.78 is 14.6. The first-order valence-electron chi connectivity index (χ1n) is 3.07. The molecule has 0 atom stereocenters. The molecule has 0 saturated heterocycles. The van der Waals surface area contributed by atoms with Gasteiger partial charge in [-0.25, -0.2) is 9.36 Å². The minimum Gasteiger partial charge on any atom is -0.478 e. The molecule has 1 aromatic rings. The SMILES string of the molecule is O=POc1ccccc1C(=O)O. The van der Waals surface area contributed by atoms with Gasteiger partial charge in [0.05, 0.1) is 0 Å². The molecule has 1 N–H and O–H groups in total. The highest BCUT2D eigenvalue weighted by molar-refractivity contribution is 7.17. The van der Waals surface area contributed by atoms with Crippen LogP contribution in [-0.4, -0.2) is 11.1 Å². The molecule has 0 amide bonds. The third-order valence-electron chi connectivity index (χ3n) is 1.25. The molecule has 4 nitrogen and oxygen atoms in total. The van der Waals surface area contributed by atoms with Gasteiger partial charge in [0, 0.05) is 0 Å². The van der Waals surface area contributed by atoms with Gasteiger partial charge >= 0.3 is 14.7 Å². The van der Waals surface area contributed by atoms with E-state index in [2.05, 4.69) is 4.52 Å². The van der Waals surface area contributed by atoms with E-state index >= 15 is 0 Å². The molecule has 0 saturated carbocycles. The van der Waals surface area contributed by atoms with Crippen LogP contribution >= 0.6 is 8.69 Å². The van der Waals surface area contributed by atoms with Crippen molar-refractivity contribution in [2.75, 3.05) is 0 Å². The van der Waals surface area contributed by atoms with Gasteiger partial charge in [-0.1, -0.05) is 12.1 Å². The van der Waals surface area contributed by atoms with Crippen LogP contribution in [0.15, 0.2) is 24.3 Å². The Morgan fingerprint density at radius 1 is 1.42 bits per heavy atom. The normalized spacial score (nSPS) is 9.67. The van der Waals surface area contributed by atoms with Crippen molar-refractivity contribution in [1.82, 2.24) is 0 Å². The second kappa shape index (κ2) is 3.83. The Hall–Kier alpha value is -1.41. The van der Waals surface area contributed by atoms with Crippen molar-refractivity contribution in [2.45, 2.75) is 0 Å². The second-order valence-corrected chi connectivity index (χ2v) is 2.30. The standard InChI is InChI=1S/C7H5O4P/c8-7(9)5-3-1-2-4-6(5)11-12-10/h1-4H,(H,8,9). The number of benzene rings is 1. The minimum atomic E-state index is -1.10. The van der Waals surface area contributed by atoms with Crippen molar-refractivity contribution < 1.29 is 19.0 Å². The molecule has 12 heavy (non-hydrogen) atoms. The number of hydrogen-bond donors (Lipinski definition) is 1. The van der Waals surface area contributed by atoms with Gasteiger partial charge in [-0.05, 0) is 12.1 Å². The summed E-state index contributed by atoms with van der Waals surface area (Å²) in [4.78, 5) is 10.5. The monoisotopic (exact) mass is 184 g/mol. The molecule has 1 aromatic carbocycles. The molecular formula is C7H5O4P. The van der Waals surface area contributed by atoms with Crippen LogP contribution in [0.5, 0.6) is 5.75 Å². The highest BCUT2D eigenvalue weighted by Gasteiger charge is 2.09. The predicted molar refractivity (Wildman–Crippen MR) is 41.6 cm³/mol. The molecule has 0 aliphatic carbocycles. The summed E-state index contributed by atoms with van der Waals surface area (Å²) >= 11 is 0. The molecule has 0 heterocycles. The highest BCUT2D eigenvalue weighted by Crippen LogP contribution is 2.20. The van der Waals surface area contributed by atoms with E-state index in [4.69, 9.17) is 5.11 Å². The number of rotatable bonds is 3. The second-order valence-electron chi connectivity index (χ2n) is 1.97. The minimum absolute atomic E-state index is 0.000787. The lowest BCUT2D eigenvalue weighted by atomic mass is 10.2. The molecule has 0 fully saturated rings. The molecule has 0 bridgehead atoms. The zero-order chi connectivity index (χ0) is 8.97. The first kappa shape index (κ1) is 8.68. The fourth-order valence-corrected chi connectivity index (χ4v) is 1.00. The molecule has 0 spiro atoms. The predicted octanol–water partition coefficient (Wildman–Crippen LogP) is 1.97. The number of aromatic carboxylic acids is 1. The smallest absolute Gasteiger partial charge is 0.395 e. The van der Waals surface area contributed by atoms with Crippen molar-refractivity contribution >= 4 is 14.7 Å². The molecule has 0 aliphatic heterocycles. The summed E-state index contributed by atoms with van der Waals surface area (Å²) in [6.45, 7) is 0. The Kier molecular flexibility index (Phi) is 2.77. The molecule has 0 unspecified atom stereocenters. The molecule has 0 aromatic heterocycles. The summed E-state index contributed by atoms with van der Waals surface area (Å²) in [6.07, 6.45) is 0. The van der Waals surface area contributed by atoms with Crippen LogP contribution < -0.4 is 4.52 Å². The molecular weight excluding hydrogens is 179 g/mol. The Bertz CT molecular complexity index is 310. The Morgan fingerprint density at radius 2 is 2.08 bits per heavy atom. The number of hydrogen-bond acceptors (Lipinski definition) is 3. The molecule has 0 radical (unpaired) electrons. The Balaban J connectivity index is 3.07. The van der Waals surface area contributed by atoms with E-state index in [1.165, 1.54) is 12.1 Å². The summed E-state index contributed by atoms with van der Waals surface area (Å²) in [6, 6.07) is 5.99. The van der Waals surface area contributed by atoms with E-state index in [1.807, 2.05) is 0 Å². The van der Waals surface area contributed by atoms with Gasteiger partial charge in [0.1, 0.15) is 11.3 Å². The summed E-state index contributed by atoms with van der Waals surface area (Å²) in [7, 11) is -0.558. The van der Waals surface area contributed by atoms with Gasteiger partial charge in [0.2, 0.25) is 0 Å². The molecule has 62 valence electrons. The van der Waals surface area contributed by atoms with E-state index in [-0.39, 0.29) is 11.3 Å². The molecule has 1 rings (SSSR count). The van der Waals surface area contributed by atoms with Crippen LogP contribution in [0.3, 0.4) is 0 Å². The topological polar surface area (TPSA) is 63.6 Å². The van der Waals surface area contributed by atoms with Crippen molar-refractivity contribution in [3.8, 4) is 5.75 Å². The van der Waals surface area contributed by atoms with E-state index in [1.54, 1.807) is 12.1 Å². The lowest BCUT2D eigenvalue weighted by Crippen LogP contribution is -1.97. The third-order valence-corrected chi connectivity index (χ3v) is 1.52. The average molecular weight is 184 g/mol. The van der Waals surface area contributed by atoms with Crippen LogP contribution in [0.25, 0.3) is 0 Å². The Morgan fingerprint density at radius 3 is 2.67 bits per heavy atom. The van der Waals surface area contributed by atoms with Gasteiger partial charge in [0.25, 0.3) is 0 Å². The fraction of sp³-hybridized carbons (Fsp3) is 0. The first-order chi connectivity index (χ1) is 5.75. The zero-order valence-corrected chi connectivity index (χ0v) is 6.82. The van der Waals surface area contributed by atoms with Gasteiger partial charge in [-0.15, -0.1) is 0 Å². The molecule has 0 aliphatic rings. The maximum atomic E-state index is 10.5. The number of carbonyl (C=O) groups is 1. The first-order valence-corrected chi connectivity index (χ1v) is 3.80. The number of carboxylic acid groups (broad SMARTS) is 1. The van der Waals surface area contributed by atoms with Crippen LogP contribution in [0.1, 0.15) is 10.4 Å².